The van der Waals surface area contributed by atoms with Crippen LogP contribution in [0.25, 0.3) is 0 Å². The lowest BCUT2D eigenvalue weighted by Gasteiger charge is -2.09. The number of hydrogen-bond acceptors (Lipinski definition) is 9. The number of nitrogens with zero attached hydrogens (tertiary/aromatic N) is 1. The number of methoxy groups -OCH3 is 1. The van der Waals surface area contributed by atoms with E-state index < -0.39 is 33.7 Å². The van der Waals surface area contributed by atoms with E-state index in [1.165, 1.54) is 37.4 Å². The molecule has 0 aliphatic heterocycles. The topological polar surface area (TPSA) is 187 Å². The number of hydrogen-bond donors (Lipinski definition) is 4. The van der Waals surface area contributed by atoms with E-state index in [-0.39, 0.29) is 28.3 Å². The smallest absolute Gasteiger partial charge is 0.276 e. The molecule has 0 atom stereocenters. The predicted octanol–water partition coefficient (Wildman–Crippen LogP) is -1.21. The largest absolute Gasteiger partial charge is 0.383 e. The minimum atomic E-state index is -4.23. The molecule has 2 rings (SSSR count). The Kier molecular flexibility index (Phi) is 8.52. The van der Waals surface area contributed by atoms with Gasteiger partial charge in [-0.25, -0.2) is 13.1 Å². The molecule has 5 N–H and O–H groups in total. The van der Waals surface area contributed by atoms with Crippen molar-refractivity contribution in [3.05, 3.63) is 59.4 Å². The van der Waals surface area contributed by atoms with Crippen molar-refractivity contribution in [1.29, 1.82) is 0 Å². The van der Waals surface area contributed by atoms with Crippen LogP contribution >= 0.6 is 0 Å². The van der Waals surface area contributed by atoms with Crippen LogP contribution in [0, 0.1) is 0 Å². The molecule has 13 heteroatoms. The van der Waals surface area contributed by atoms with Crippen molar-refractivity contribution in [3.63, 3.8) is 0 Å². The van der Waals surface area contributed by atoms with Crippen molar-refractivity contribution in [2.75, 3.05) is 26.8 Å². The number of rotatable bonds is 9. The van der Waals surface area contributed by atoms with E-state index >= 15 is 0 Å². The number of carbonyl (C=O) groups excluding carboxylic acids is 4. The fourth-order valence-electron chi connectivity index (χ4n) is 2.30. The SMILES string of the molecule is COCCNC(=O)c1ccc(S(=O)(=O)NC(=O)c2ccc(C(=O)NC(=O)CN)nc2)cc1. The Balaban J connectivity index is 2.05. The van der Waals surface area contributed by atoms with E-state index in [0.717, 1.165) is 12.3 Å². The van der Waals surface area contributed by atoms with Gasteiger partial charge in [-0.1, -0.05) is 0 Å². The van der Waals surface area contributed by atoms with Gasteiger partial charge < -0.3 is 15.8 Å². The molecule has 1 heterocycles. The van der Waals surface area contributed by atoms with Crippen molar-refractivity contribution in [3.8, 4) is 0 Å². The molecule has 1 aromatic carbocycles. The quantitative estimate of drug-likeness (QED) is 0.331. The molecule has 32 heavy (non-hydrogen) atoms. The maximum Gasteiger partial charge on any atom is 0.276 e. The van der Waals surface area contributed by atoms with Crippen LogP contribution in [0.1, 0.15) is 31.2 Å². The highest BCUT2D eigenvalue weighted by Gasteiger charge is 2.20. The van der Waals surface area contributed by atoms with Gasteiger partial charge in [-0.2, -0.15) is 0 Å². The Bertz CT molecular complexity index is 1100. The minimum Gasteiger partial charge on any atom is -0.383 e. The molecule has 170 valence electrons. The average Bonchev–Trinajstić information content (AvgIpc) is 2.78. The number of carbonyl (C=O) groups is 4. The predicted molar refractivity (Wildman–Crippen MR) is 111 cm³/mol. The molecule has 0 radical (unpaired) electrons. The number of pyridine rings is 1. The summed E-state index contributed by atoms with van der Waals surface area (Å²) in [5.74, 6) is -2.91. The summed E-state index contributed by atoms with van der Waals surface area (Å²) < 4.78 is 31.6. The molecule has 1 aromatic heterocycles. The van der Waals surface area contributed by atoms with Gasteiger partial charge in [0.25, 0.3) is 27.7 Å². The second-order valence-electron chi connectivity index (χ2n) is 6.22. The van der Waals surface area contributed by atoms with Gasteiger partial charge in [-0.05, 0) is 36.4 Å². The van der Waals surface area contributed by atoms with E-state index in [2.05, 4.69) is 10.3 Å². The van der Waals surface area contributed by atoms with Gasteiger partial charge in [-0.3, -0.25) is 29.5 Å². The lowest BCUT2D eigenvalue weighted by Crippen LogP contribution is -2.36. The average molecular weight is 463 g/mol. The summed E-state index contributed by atoms with van der Waals surface area (Å²) in [6.07, 6.45) is 0.986. The summed E-state index contributed by atoms with van der Waals surface area (Å²) in [7, 11) is -2.74. The van der Waals surface area contributed by atoms with Crippen LogP contribution in [0.15, 0.2) is 47.5 Å². The van der Waals surface area contributed by atoms with Crippen LogP contribution < -0.4 is 21.1 Å². The Morgan fingerprint density at radius 1 is 0.969 bits per heavy atom. The minimum absolute atomic E-state index is 0.135. The Hall–Kier alpha value is -3.68. The first kappa shape index (κ1) is 24.6. The van der Waals surface area contributed by atoms with Crippen molar-refractivity contribution in [2.45, 2.75) is 4.90 Å². The van der Waals surface area contributed by atoms with Crippen LogP contribution in [0.5, 0.6) is 0 Å². The molecular weight excluding hydrogens is 442 g/mol. The Labute approximate surface area is 183 Å². The molecule has 4 amide bonds. The number of sulfonamides is 1. The summed E-state index contributed by atoms with van der Waals surface area (Å²) in [4.78, 5) is 50.7. The van der Waals surface area contributed by atoms with Gasteiger partial charge in [0.05, 0.1) is 23.6 Å². The first-order chi connectivity index (χ1) is 15.2. The Morgan fingerprint density at radius 3 is 2.19 bits per heavy atom. The number of benzene rings is 1. The van der Waals surface area contributed by atoms with E-state index in [1.807, 2.05) is 10.0 Å². The number of imide groups is 1. The third kappa shape index (κ3) is 6.66. The highest BCUT2D eigenvalue weighted by molar-refractivity contribution is 7.90. The van der Waals surface area contributed by atoms with E-state index in [1.54, 1.807) is 0 Å². The first-order valence-electron chi connectivity index (χ1n) is 9.12. The maximum absolute atomic E-state index is 12.5. The van der Waals surface area contributed by atoms with Crippen molar-refractivity contribution in [2.24, 2.45) is 5.73 Å². The molecule has 0 spiro atoms. The second kappa shape index (κ2) is 11.1. The number of nitrogens with two attached hydrogens (primary N) is 1. The van der Waals surface area contributed by atoms with E-state index in [9.17, 15) is 27.6 Å². The molecule has 0 aliphatic carbocycles. The maximum atomic E-state index is 12.5. The molecule has 12 nitrogen and oxygen atoms in total. The lowest BCUT2D eigenvalue weighted by molar-refractivity contribution is -0.118. The number of aromatic nitrogens is 1. The van der Waals surface area contributed by atoms with Gasteiger partial charge in [0.15, 0.2) is 0 Å². The van der Waals surface area contributed by atoms with Crippen LogP contribution in [-0.4, -0.2) is 63.8 Å². The zero-order valence-corrected chi connectivity index (χ0v) is 17.8. The van der Waals surface area contributed by atoms with Crippen molar-refractivity contribution >= 4 is 33.7 Å². The number of nitrogens with one attached hydrogen (secondary N) is 3. The third-order valence-corrected chi connectivity index (χ3v) is 5.29. The van der Waals surface area contributed by atoms with Gasteiger partial charge in [0.2, 0.25) is 5.91 Å². The highest BCUT2D eigenvalue weighted by Crippen LogP contribution is 2.12. The van der Waals surface area contributed by atoms with Gasteiger partial charge in [0.1, 0.15) is 5.69 Å². The molecule has 0 bridgehead atoms. The molecule has 0 fully saturated rings. The zero-order chi connectivity index (χ0) is 23.7. The zero-order valence-electron chi connectivity index (χ0n) is 17.0. The van der Waals surface area contributed by atoms with Crippen LogP contribution in [0.4, 0.5) is 0 Å². The van der Waals surface area contributed by atoms with Crippen LogP contribution in [0.3, 0.4) is 0 Å². The third-order valence-electron chi connectivity index (χ3n) is 3.94. The summed E-state index contributed by atoms with van der Waals surface area (Å²) >= 11 is 0. The summed E-state index contributed by atoms with van der Waals surface area (Å²) in [6.45, 7) is 0.239. The summed E-state index contributed by atoms with van der Waals surface area (Å²) in [5, 5.41) is 4.58. The van der Waals surface area contributed by atoms with Crippen LogP contribution in [0.2, 0.25) is 0 Å². The van der Waals surface area contributed by atoms with Gasteiger partial charge >= 0.3 is 0 Å². The molecule has 0 unspecified atom stereocenters. The molecular formula is C19H21N5O7S. The fraction of sp³-hybridized carbons (Fsp3) is 0.211. The van der Waals surface area contributed by atoms with Crippen LogP contribution in [-0.2, 0) is 19.6 Å². The molecule has 0 saturated heterocycles. The summed E-state index contributed by atoms with van der Waals surface area (Å²) in [5.41, 5.74) is 5.04. The fourth-order valence-corrected chi connectivity index (χ4v) is 3.27. The van der Waals surface area contributed by atoms with Gasteiger partial charge in [0, 0.05) is 25.4 Å². The molecule has 0 aliphatic rings. The van der Waals surface area contributed by atoms with Gasteiger partial charge in [-0.15, -0.1) is 0 Å². The standard InChI is InChI=1S/C19H21N5O7S/c1-31-9-8-21-17(26)12-2-5-14(6-3-12)32(29,30)24-18(27)13-4-7-15(22-11-13)19(28)23-16(25)10-20/h2-7,11H,8-10,20H2,1H3,(H,21,26)(H,24,27)(H,23,25,28). The Morgan fingerprint density at radius 2 is 1.62 bits per heavy atom. The number of amides is 4. The first-order valence-corrected chi connectivity index (χ1v) is 10.6. The second-order valence-corrected chi connectivity index (χ2v) is 7.90. The van der Waals surface area contributed by atoms with Crippen molar-refractivity contribution in [1.82, 2.24) is 20.3 Å². The van der Waals surface area contributed by atoms with E-state index in [0.29, 0.717) is 13.2 Å². The van der Waals surface area contributed by atoms with E-state index in [4.69, 9.17) is 10.5 Å². The number of ether oxygens (including phenoxy) is 1. The monoisotopic (exact) mass is 463 g/mol. The van der Waals surface area contributed by atoms with Crippen molar-refractivity contribution < 1.29 is 32.3 Å². The summed E-state index contributed by atoms with van der Waals surface area (Å²) in [6, 6.07) is 7.30. The highest BCUT2D eigenvalue weighted by atomic mass is 32.2. The normalized spacial score (nSPS) is 10.8. The molecule has 2 aromatic rings. The molecule has 0 saturated carbocycles. The lowest BCUT2D eigenvalue weighted by atomic mass is 10.2.